The first-order chi connectivity index (χ1) is 11.9. The molecule has 1 aliphatic heterocycles. The third-order valence-electron chi connectivity index (χ3n) is 4.70. The Bertz CT molecular complexity index is 625. The van der Waals surface area contributed by atoms with Crippen molar-refractivity contribution in [1.29, 1.82) is 0 Å². The zero-order chi connectivity index (χ0) is 18.6. The van der Waals surface area contributed by atoms with Crippen molar-refractivity contribution in [3.05, 3.63) is 23.8 Å². The Morgan fingerprint density at radius 1 is 1.04 bits per heavy atom. The van der Waals surface area contributed by atoms with Crippen LogP contribution in [0, 0.1) is 5.92 Å². The molecule has 0 spiro atoms. The highest BCUT2D eigenvalue weighted by Crippen LogP contribution is 2.26. The number of nitrogens with two attached hydrogens (primary N) is 1. The third-order valence-corrected chi connectivity index (χ3v) is 4.70. The summed E-state index contributed by atoms with van der Waals surface area (Å²) in [6, 6.07) is 4.95. The maximum absolute atomic E-state index is 12.8. The van der Waals surface area contributed by atoms with Crippen LogP contribution in [0.15, 0.2) is 18.2 Å². The Labute approximate surface area is 148 Å². The molecule has 0 bridgehead atoms. The number of benzene rings is 1. The van der Waals surface area contributed by atoms with Crippen LogP contribution in [0.1, 0.15) is 24.2 Å². The van der Waals surface area contributed by atoms with Crippen molar-refractivity contribution >= 4 is 11.8 Å². The van der Waals surface area contributed by atoms with Crippen molar-refractivity contribution in [2.24, 2.45) is 11.7 Å². The summed E-state index contributed by atoms with van der Waals surface area (Å²) < 4.78 is 10.5. The quantitative estimate of drug-likeness (QED) is 0.856. The smallest absolute Gasteiger partial charge is 0.257 e. The minimum Gasteiger partial charge on any atom is -0.497 e. The van der Waals surface area contributed by atoms with Gasteiger partial charge in [-0.15, -0.1) is 0 Å². The van der Waals surface area contributed by atoms with Crippen molar-refractivity contribution in [3.63, 3.8) is 0 Å². The van der Waals surface area contributed by atoms with E-state index in [-0.39, 0.29) is 23.8 Å². The van der Waals surface area contributed by atoms with Gasteiger partial charge in [-0.25, -0.2) is 0 Å². The zero-order valence-corrected chi connectivity index (χ0v) is 15.3. The van der Waals surface area contributed by atoms with Crippen LogP contribution in [0.4, 0.5) is 0 Å². The second-order valence-electron chi connectivity index (χ2n) is 6.33. The maximum atomic E-state index is 12.8. The van der Waals surface area contributed by atoms with Gasteiger partial charge in [-0.3, -0.25) is 9.59 Å². The van der Waals surface area contributed by atoms with Crippen molar-refractivity contribution in [1.82, 2.24) is 9.80 Å². The van der Waals surface area contributed by atoms with Gasteiger partial charge in [-0.2, -0.15) is 0 Å². The molecule has 2 unspecified atom stereocenters. The Balaban J connectivity index is 2.03. The second kappa shape index (κ2) is 8.20. The van der Waals surface area contributed by atoms with Crippen LogP contribution >= 0.6 is 0 Å². The molecule has 2 N–H and O–H groups in total. The molecule has 1 fully saturated rings. The van der Waals surface area contributed by atoms with Crippen molar-refractivity contribution < 1.29 is 19.1 Å². The molecule has 1 aliphatic rings. The molecule has 0 saturated carbocycles. The molecule has 1 heterocycles. The van der Waals surface area contributed by atoms with Crippen LogP contribution in [-0.4, -0.2) is 68.1 Å². The summed E-state index contributed by atoms with van der Waals surface area (Å²) in [5, 5.41) is 0. The average molecular weight is 349 g/mol. The topological polar surface area (TPSA) is 85.1 Å². The molecule has 0 aliphatic carbocycles. The first kappa shape index (κ1) is 19.1. The predicted molar refractivity (Wildman–Crippen MR) is 94.8 cm³/mol. The lowest BCUT2D eigenvalue weighted by atomic mass is 10.0. The van der Waals surface area contributed by atoms with Gasteiger partial charge in [0.1, 0.15) is 11.5 Å². The summed E-state index contributed by atoms with van der Waals surface area (Å²) in [6.07, 6.45) is 0. The molecular weight excluding hydrogens is 322 g/mol. The minimum absolute atomic E-state index is 0.0455. The molecule has 0 radical (unpaired) electrons. The number of hydrogen-bond acceptors (Lipinski definition) is 5. The third kappa shape index (κ3) is 4.22. The summed E-state index contributed by atoms with van der Waals surface area (Å²) in [7, 11) is 3.09. The van der Waals surface area contributed by atoms with Crippen molar-refractivity contribution in [2.45, 2.75) is 19.9 Å². The molecule has 2 rings (SSSR count). The van der Waals surface area contributed by atoms with Gasteiger partial charge in [-0.1, -0.05) is 6.92 Å². The van der Waals surface area contributed by atoms with Crippen LogP contribution in [0.2, 0.25) is 0 Å². The number of ether oxygens (including phenoxy) is 2. The van der Waals surface area contributed by atoms with Crippen LogP contribution < -0.4 is 15.2 Å². The lowest BCUT2D eigenvalue weighted by Crippen LogP contribution is -2.53. The fourth-order valence-corrected chi connectivity index (χ4v) is 2.79. The van der Waals surface area contributed by atoms with E-state index in [1.165, 1.54) is 7.11 Å². The van der Waals surface area contributed by atoms with E-state index in [0.29, 0.717) is 43.2 Å². The van der Waals surface area contributed by atoms with Gasteiger partial charge in [-0.05, 0) is 19.1 Å². The van der Waals surface area contributed by atoms with Crippen LogP contribution in [0.5, 0.6) is 11.5 Å². The number of carbonyl (C=O) groups excluding carboxylic acids is 2. The predicted octanol–water partition coefficient (Wildman–Crippen LogP) is 0.972. The van der Waals surface area contributed by atoms with E-state index < -0.39 is 0 Å². The maximum Gasteiger partial charge on any atom is 0.257 e. The van der Waals surface area contributed by atoms with Gasteiger partial charge < -0.3 is 25.0 Å². The molecule has 1 saturated heterocycles. The molecule has 0 aromatic heterocycles. The zero-order valence-electron chi connectivity index (χ0n) is 15.3. The highest BCUT2D eigenvalue weighted by molar-refractivity contribution is 5.97. The van der Waals surface area contributed by atoms with E-state index in [1.807, 2.05) is 13.8 Å². The Kier molecular flexibility index (Phi) is 6.25. The molecule has 1 aromatic rings. The molecular formula is C18H27N3O4. The van der Waals surface area contributed by atoms with Gasteiger partial charge in [0.2, 0.25) is 5.91 Å². The standard InChI is InChI=1S/C18H27N3O4/c1-12(13(2)19)17(22)20-7-9-21(10-8-20)18(23)15-6-5-14(24-3)11-16(15)25-4/h5-6,11-13H,7-10,19H2,1-4H3. The fraction of sp³-hybridized carbons (Fsp3) is 0.556. The van der Waals surface area contributed by atoms with Gasteiger partial charge >= 0.3 is 0 Å². The average Bonchev–Trinajstić information content (AvgIpc) is 2.65. The van der Waals surface area contributed by atoms with Crippen LogP contribution in [0.25, 0.3) is 0 Å². The number of rotatable bonds is 5. The van der Waals surface area contributed by atoms with E-state index in [1.54, 1.807) is 35.1 Å². The Morgan fingerprint density at radius 2 is 1.64 bits per heavy atom. The minimum atomic E-state index is -0.219. The Morgan fingerprint density at radius 3 is 2.16 bits per heavy atom. The number of amides is 2. The molecule has 1 aromatic carbocycles. The molecule has 138 valence electrons. The first-order valence-corrected chi connectivity index (χ1v) is 8.44. The van der Waals surface area contributed by atoms with E-state index in [4.69, 9.17) is 15.2 Å². The van der Waals surface area contributed by atoms with E-state index in [0.717, 1.165) is 0 Å². The highest BCUT2D eigenvalue weighted by Gasteiger charge is 2.29. The summed E-state index contributed by atoms with van der Waals surface area (Å²) in [4.78, 5) is 28.7. The molecule has 7 heteroatoms. The van der Waals surface area contributed by atoms with Gasteiger partial charge in [0.25, 0.3) is 5.91 Å². The largest absolute Gasteiger partial charge is 0.497 e. The van der Waals surface area contributed by atoms with E-state index in [9.17, 15) is 9.59 Å². The SMILES string of the molecule is COc1ccc(C(=O)N2CCN(C(=O)C(C)C(C)N)CC2)c(OC)c1. The summed E-state index contributed by atoms with van der Waals surface area (Å²) in [5.41, 5.74) is 6.31. The Hall–Kier alpha value is -2.28. The molecule has 7 nitrogen and oxygen atoms in total. The van der Waals surface area contributed by atoms with E-state index >= 15 is 0 Å². The highest BCUT2D eigenvalue weighted by atomic mass is 16.5. The summed E-state index contributed by atoms with van der Waals surface area (Å²) >= 11 is 0. The number of methoxy groups -OCH3 is 2. The van der Waals surface area contributed by atoms with Crippen LogP contribution in [0.3, 0.4) is 0 Å². The molecule has 25 heavy (non-hydrogen) atoms. The fourth-order valence-electron chi connectivity index (χ4n) is 2.79. The number of piperazine rings is 1. The van der Waals surface area contributed by atoms with Crippen LogP contribution in [-0.2, 0) is 4.79 Å². The second-order valence-corrected chi connectivity index (χ2v) is 6.33. The lowest BCUT2D eigenvalue weighted by Gasteiger charge is -2.36. The van der Waals surface area contributed by atoms with Gasteiger partial charge in [0.15, 0.2) is 0 Å². The summed E-state index contributed by atoms with van der Waals surface area (Å²) in [6.45, 7) is 5.68. The summed E-state index contributed by atoms with van der Waals surface area (Å²) in [5.74, 6) is 0.835. The van der Waals surface area contributed by atoms with Crippen molar-refractivity contribution in [3.8, 4) is 11.5 Å². The molecule has 2 atom stereocenters. The number of hydrogen-bond donors (Lipinski definition) is 1. The molecule has 2 amide bonds. The van der Waals surface area contributed by atoms with Gasteiger partial charge in [0, 0.05) is 38.3 Å². The number of nitrogens with zero attached hydrogens (tertiary/aromatic N) is 2. The van der Waals surface area contributed by atoms with E-state index in [2.05, 4.69) is 0 Å². The first-order valence-electron chi connectivity index (χ1n) is 8.44. The monoisotopic (exact) mass is 349 g/mol. The van der Waals surface area contributed by atoms with Crippen molar-refractivity contribution in [2.75, 3.05) is 40.4 Å². The number of carbonyl (C=O) groups is 2. The van der Waals surface area contributed by atoms with Gasteiger partial charge in [0.05, 0.1) is 25.7 Å². The normalized spacial score (nSPS) is 17.0. The lowest BCUT2D eigenvalue weighted by molar-refractivity contribution is -0.137.